The van der Waals surface area contributed by atoms with E-state index in [1.165, 1.54) is 66.1 Å². The molecule has 0 saturated heterocycles. The predicted molar refractivity (Wildman–Crippen MR) is 283 cm³/mol. The molecule has 13 aromatic rings. The number of hydrogen-bond donors (Lipinski definition) is 0. The average molecular weight is 867 g/mol. The highest BCUT2D eigenvalue weighted by Gasteiger charge is 2.21. The number of aromatic nitrogens is 4. The molecule has 0 saturated carbocycles. The first-order chi connectivity index (χ1) is 33.7. The predicted octanol–water partition coefficient (Wildman–Crippen LogP) is 16.7. The fourth-order valence-electron chi connectivity index (χ4n) is 10.0. The number of fused-ring (bicyclic) bond motifs is 6. The largest absolute Gasteiger partial charge is 0.294 e. The Morgan fingerprint density at radius 1 is 0.235 bits per heavy atom. The maximum absolute atomic E-state index is 5.75. The van der Waals surface area contributed by atoms with Crippen LogP contribution in [0.4, 0.5) is 0 Å². The topological polar surface area (TPSA) is 35.6 Å². The molecular weight excluding hydrogens is 825 g/mol. The minimum atomic E-state index is 0.836. The van der Waals surface area contributed by atoms with E-state index in [4.69, 9.17) is 4.98 Å². The van der Waals surface area contributed by atoms with Gasteiger partial charge in [-0.25, -0.2) is 4.98 Å². The van der Waals surface area contributed by atoms with Gasteiger partial charge < -0.3 is 0 Å². The van der Waals surface area contributed by atoms with Crippen LogP contribution in [0.5, 0.6) is 0 Å². The fraction of sp³-hybridized carbons (Fsp3) is 0. The van der Waals surface area contributed by atoms with Crippen molar-refractivity contribution in [2.75, 3.05) is 0 Å². The second-order valence-electron chi connectivity index (χ2n) is 17.4. The highest BCUT2D eigenvalue weighted by atomic mass is 15.1. The van der Waals surface area contributed by atoms with Crippen molar-refractivity contribution >= 4 is 43.6 Å². The Bertz CT molecular complexity index is 3560. The third-order valence-electron chi connectivity index (χ3n) is 13.4. The van der Waals surface area contributed by atoms with Crippen LogP contribution >= 0.6 is 0 Å². The number of rotatable bonds is 8. The summed E-state index contributed by atoms with van der Waals surface area (Å²) in [6, 6.07) is 89.4. The van der Waals surface area contributed by atoms with E-state index >= 15 is 0 Å². The average Bonchev–Trinajstić information content (AvgIpc) is 3.93. The zero-order chi connectivity index (χ0) is 45.0. The van der Waals surface area contributed by atoms with Gasteiger partial charge in [0.25, 0.3) is 0 Å². The normalized spacial score (nSPS) is 11.5. The van der Waals surface area contributed by atoms with Crippen molar-refractivity contribution in [2.45, 2.75) is 0 Å². The van der Waals surface area contributed by atoms with Crippen molar-refractivity contribution in [1.29, 1.82) is 0 Å². The van der Waals surface area contributed by atoms with Crippen molar-refractivity contribution < 1.29 is 0 Å². The van der Waals surface area contributed by atoms with Gasteiger partial charge in [0.1, 0.15) is 11.6 Å². The molecule has 4 heteroatoms. The lowest BCUT2D eigenvalue weighted by molar-refractivity contribution is 1.01. The Morgan fingerprint density at radius 3 is 0.882 bits per heavy atom. The van der Waals surface area contributed by atoms with Gasteiger partial charge in [-0.15, -0.1) is 0 Å². The van der Waals surface area contributed by atoms with Gasteiger partial charge >= 0.3 is 0 Å². The first-order valence-corrected chi connectivity index (χ1v) is 23.1. The van der Waals surface area contributed by atoms with E-state index in [0.717, 1.165) is 56.1 Å². The van der Waals surface area contributed by atoms with Gasteiger partial charge in [0.2, 0.25) is 0 Å². The molecule has 13 rings (SSSR count). The Hall–Kier alpha value is -9.12. The van der Waals surface area contributed by atoms with Crippen molar-refractivity contribution in [3.05, 3.63) is 255 Å². The first-order valence-electron chi connectivity index (χ1n) is 23.1. The summed E-state index contributed by atoms with van der Waals surface area (Å²) >= 11 is 0. The van der Waals surface area contributed by atoms with E-state index in [1.54, 1.807) is 0 Å². The molecule has 0 amide bonds. The fourth-order valence-corrected chi connectivity index (χ4v) is 10.0. The lowest BCUT2D eigenvalue weighted by Gasteiger charge is -2.15. The summed E-state index contributed by atoms with van der Waals surface area (Å²) in [6.45, 7) is 0. The summed E-state index contributed by atoms with van der Waals surface area (Å²) < 4.78 is 4.72. The maximum atomic E-state index is 5.75. The molecule has 0 unspecified atom stereocenters. The summed E-state index contributed by atoms with van der Waals surface area (Å²) in [6.07, 6.45) is 1.85. The van der Waals surface area contributed by atoms with Crippen molar-refractivity contribution in [1.82, 2.24) is 19.1 Å². The summed E-state index contributed by atoms with van der Waals surface area (Å²) in [5, 5.41) is 4.69. The van der Waals surface area contributed by atoms with Gasteiger partial charge in [-0.05, 0) is 128 Å². The molecule has 0 fully saturated rings. The minimum Gasteiger partial charge on any atom is -0.294 e. The van der Waals surface area contributed by atoms with Crippen LogP contribution < -0.4 is 0 Å². The number of pyridine rings is 2. The first kappa shape index (κ1) is 39.3. The summed E-state index contributed by atoms with van der Waals surface area (Å²) in [5.74, 6) is 1.67. The molecular formula is C64H42N4. The number of nitrogens with zero attached hydrogens (tertiary/aromatic N) is 4. The number of benzene rings is 9. The standard InChI is InChI=1S/C64H42N4/c1-5-15-43(16-6-1)49-28-32-59-54(37-49)55-38-50(44-17-7-2-8-18-44)29-33-60(55)67(59)63-41-53(47-24-26-48(27-25-47)58-23-13-14-36-65-58)42-64(66-63)68-61-34-30-51(45-19-9-3-10-20-45)39-56(61)57-40-52(31-35-62(57)68)46-21-11-4-12-22-46/h1-42H. The molecule has 9 aromatic carbocycles. The van der Waals surface area contributed by atoms with Gasteiger partial charge in [-0.2, -0.15) is 0 Å². The van der Waals surface area contributed by atoms with E-state index in [9.17, 15) is 0 Å². The quantitative estimate of drug-likeness (QED) is 0.153. The molecule has 0 aliphatic rings. The third kappa shape index (κ3) is 6.86. The van der Waals surface area contributed by atoms with Crippen LogP contribution in [0.2, 0.25) is 0 Å². The highest BCUT2D eigenvalue weighted by Crippen LogP contribution is 2.41. The van der Waals surface area contributed by atoms with Crippen LogP contribution in [-0.2, 0) is 0 Å². The van der Waals surface area contributed by atoms with Crippen LogP contribution in [0.25, 0.3) is 122 Å². The van der Waals surface area contributed by atoms with Crippen LogP contribution in [-0.4, -0.2) is 19.1 Å². The smallest absolute Gasteiger partial charge is 0.140 e. The van der Waals surface area contributed by atoms with E-state index in [0.29, 0.717) is 0 Å². The second kappa shape index (κ2) is 16.4. The Kier molecular flexibility index (Phi) is 9.47. The molecule has 0 aliphatic carbocycles. The maximum Gasteiger partial charge on any atom is 0.140 e. The molecule has 0 spiro atoms. The highest BCUT2D eigenvalue weighted by molar-refractivity contribution is 6.13. The van der Waals surface area contributed by atoms with Crippen LogP contribution in [0.15, 0.2) is 255 Å². The van der Waals surface area contributed by atoms with Gasteiger partial charge in [-0.3, -0.25) is 14.1 Å². The Morgan fingerprint density at radius 2 is 0.544 bits per heavy atom. The van der Waals surface area contributed by atoms with E-state index < -0.39 is 0 Å². The zero-order valence-electron chi connectivity index (χ0n) is 37.0. The number of hydrogen-bond acceptors (Lipinski definition) is 2. The summed E-state index contributed by atoms with van der Waals surface area (Å²) in [5.41, 5.74) is 18.0. The molecule has 4 nitrogen and oxygen atoms in total. The van der Waals surface area contributed by atoms with E-state index in [2.05, 4.69) is 251 Å². The third-order valence-corrected chi connectivity index (χ3v) is 13.4. The van der Waals surface area contributed by atoms with Crippen LogP contribution in [0.1, 0.15) is 0 Å². The van der Waals surface area contributed by atoms with Crippen molar-refractivity contribution in [3.8, 4) is 78.5 Å². The van der Waals surface area contributed by atoms with Gasteiger partial charge in [0.05, 0.1) is 27.8 Å². The molecule has 0 bridgehead atoms. The molecule has 0 atom stereocenters. The molecule has 4 aromatic heterocycles. The Balaban J connectivity index is 1.08. The van der Waals surface area contributed by atoms with E-state index in [-0.39, 0.29) is 0 Å². The van der Waals surface area contributed by atoms with Gasteiger partial charge in [-0.1, -0.05) is 176 Å². The monoisotopic (exact) mass is 866 g/mol. The van der Waals surface area contributed by atoms with Gasteiger partial charge in [0, 0.05) is 33.3 Å². The molecule has 0 N–H and O–H groups in total. The van der Waals surface area contributed by atoms with Crippen LogP contribution in [0, 0.1) is 0 Å². The molecule has 0 aliphatic heterocycles. The summed E-state index contributed by atoms with van der Waals surface area (Å²) in [7, 11) is 0. The van der Waals surface area contributed by atoms with Crippen molar-refractivity contribution in [2.24, 2.45) is 0 Å². The van der Waals surface area contributed by atoms with Crippen LogP contribution in [0.3, 0.4) is 0 Å². The van der Waals surface area contributed by atoms with Crippen molar-refractivity contribution in [3.63, 3.8) is 0 Å². The SMILES string of the molecule is c1ccc(-c2ccc3c(c2)c2cc(-c4ccccc4)ccc2n3-c2cc(-c3ccc(-c4ccccn4)cc3)cc(-n3c4ccc(-c5ccccc5)cc4c4cc(-c5ccccc5)ccc43)n2)cc1. The summed E-state index contributed by atoms with van der Waals surface area (Å²) in [4.78, 5) is 10.4. The molecule has 0 radical (unpaired) electrons. The second-order valence-corrected chi connectivity index (χ2v) is 17.4. The lowest BCUT2D eigenvalue weighted by atomic mass is 10.0. The van der Waals surface area contributed by atoms with E-state index in [1.807, 2.05) is 18.3 Å². The lowest BCUT2D eigenvalue weighted by Crippen LogP contribution is -2.04. The van der Waals surface area contributed by atoms with Gasteiger partial charge in [0.15, 0.2) is 0 Å². The molecule has 318 valence electrons. The Labute approximate surface area is 394 Å². The minimum absolute atomic E-state index is 0.836. The molecule has 68 heavy (non-hydrogen) atoms. The zero-order valence-corrected chi connectivity index (χ0v) is 37.0. The molecule has 4 heterocycles.